The van der Waals surface area contributed by atoms with Crippen molar-refractivity contribution in [2.45, 2.75) is 72.3 Å². The fourth-order valence-corrected chi connectivity index (χ4v) is 2.06. The van der Waals surface area contributed by atoms with E-state index in [2.05, 4.69) is 43.8 Å². The summed E-state index contributed by atoms with van der Waals surface area (Å²) in [5.74, 6) is 0.761. The van der Waals surface area contributed by atoms with Gasteiger partial charge in [-0.3, -0.25) is 4.99 Å². The molecular formula is C17H34N2O. The molecule has 0 aliphatic heterocycles. The lowest BCUT2D eigenvalue weighted by molar-refractivity contribution is 0.271. The van der Waals surface area contributed by atoms with Crippen molar-refractivity contribution in [3.8, 4) is 0 Å². The molecule has 0 rings (SSSR count). The molecular weight excluding hydrogens is 248 g/mol. The molecule has 0 spiro atoms. The molecule has 0 aromatic rings. The second kappa shape index (κ2) is 11.8. The van der Waals surface area contributed by atoms with Crippen molar-refractivity contribution >= 4 is 5.90 Å². The summed E-state index contributed by atoms with van der Waals surface area (Å²) in [5.41, 5.74) is 1.08. The van der Waals surface area contributed by atoms with Gasteiger partial charge in [-0.1, -0.05) is 45.1 Å². The van der Waals surface area contributed by atoms with Gasteiger partial charge in [0.2, 0.25) is 5.90 Å². The maximum atomic E-state index is 5.86. The van der Waals surface area contributed by atoms with Gasteiger partial charge in [-0.05, 0) is 27.2 Å². The van der Waals surface area contributed by atoms with Crippen LogP contribution in [0.1, 0.15) is 66.2 Å². The molecule has 3 heteroatoms. The van der Waals surface area contributed by atoms with Gasteiger partial charge in [0.1, 0.15) is 0 Å². The molecule has 0 saturated carbocycles. The molecule has 0 unspecified atom stereocenters. The second-order valence-electron chi connectivity index (χ2n) is 5.52. The number of ether oxygens (including phenoxy) is 1. The van der Waals surface area contributed by atoms with Gasteiger partial charge >= 0.3 is 0 Å². The SMILES string of the molecule is C/C=C(/C(=NC)OCCCCCCCC)N(C)C(C)C. The zero-order valence-corrected chi connectivity index (χ0v) is 14.4. The largest absolute Gasteiger partial charge is 0.476 e. The summed E-state index contributed by atoms with van der Waals surface area (Å²) in [4.78, 5) is 6.49. The fourth-order valence-electron chi connectivity index (χ4n) is 2.06. The third-order valence-corrected chi connectivity index (χ3v) is 3.59. The zero-order chi connectivity index (χ0) is 15.4. The van der Waals surface area contributed by atoms with Crippen LogP contribution in [0.25, 0.3) is 0 Å². The van der Waals surface area contributed by atoms with E-state index in [0.29, 0.717) is 6.04 Å². The summed E-state index contributed by atoms with van der Waals surface area (Å²) in [6.07, 6.45) is 9.76. The number of hydrogen-bond acceptors (Lipinski definition) is 3. The highest BCUT2D eigenvalue weighted by molar-refractivity contribution is 5.92. The van der Waals surface area contributed by atoms with E-state index in [1.165, 1.54) is 32.1 Å². The first-order valence-electron chi connectivity index (χ1n) is 8.07. The van der Waals surface area contributed by atoms with Crippen molar-refractivity contribution in [2.24, 2.45) is 4.99 Å². The van der Waals surface area contributed by atoms with E-state index < -0.39 is 0 Å². The summed E-state index contributed by atoms with van der Waals surface area (Å²) in [5, 5.41) is 0. The predicted molar refractivity (Wildman–Crippen MR) is 89.3 cm³/mol. The van der Waals surface area contributed by atoms with E-state index in [1.54, 1.807) is 7.05 Å². The van der Waals surface area contributed by atoms with Crippen LogP contribution in [-0.4, -0.2) is 37.5 Å². The number of allylic oxidation sites excluding steroid dienone is 1. The first-order valence-corrected chi connectivity index (χ1v) is 8.07. The lowest BCUT2D eigenvalue weighted by atomic mass is 10.1. The Morgan fingerprint density at radius 1 is 1.15 bits per heavy atom. The Bertz CT molecular complexity index is 295. The molecule has 0 atom stereocenters. The Labute approximate surface area is 126 Å². The van der Waals surface area contributed by atoms with Gasteiger partial charge in [0.15, 0.2) is 0 Å². The molecule has 0 N–H and O–H groups in total. The molecule has 0 aromatic heterocycles. The smallest absolute Gasteiger partial charge is 0.232 e. The average Bonchev–Trinajstić information content (AvgIpc) is 2.44. The van der Waals surface area contributed by atoms with E-state index in [4.69, 9.17) is 4.74 Å². The molecule has 0 saturated heterocycles. The minimum Gasteiger partial charge on any atom is -0.476 e. The Morgan fingerprint density at radius 2 is 1.75 bits per heavy atom. The van der Waals surface area contributed by atoms with Crippen LogP contribution in [0, 0.1) is 0 Å². The van der Waals surface area contributed by atoms with Crippen LogP contribution in [-0.2, 0) is 4.74 Å². The standard InChI is InChI=1S/C17H34N2O/c1-7-9-10-11-12-13-14-20-17(18-5)16(8-2)19(6)15(3)4/h8,15H,7,9-14H2,1-6H3/b16-8-,18-17?. The van der Waals surface area contributed by atoms with Crippen molar-refractivity contribution < 1.29 is 4.74 Å². The lowest BCUT2D eigenvalue weighted by Crippen LogP contribution is -2.31. The number of unbranched alkanes of at least 4 members (excludes halogenated alkanes) is 5. The molecule has 0 heterocycles. The number of aliphatic imine (C=N–C) groups is 1. The summed E-state index contributed by atoms with van der Waals surface area (Å²) in [7, 11) is 3.88. The number of nitrogens with zero attached hydrogens (tertiary/aromatic N) is 2. The zero-order valence-electron chi connectivity index (χ0n) is 14.4. The highest BCUT2D eigenvalue weighted by Crippen LogP contribution is 2.11. The highest BCUT2D eigenvalue weighted by Gasteiger charge is 2.14. The molecule has 0 amide bonds. The van der Waals surface area contributed by atoms with Crippen molar-refractivity contribution in [1.29, 1.82) is 0 Å². The third kappa shape index (κ3) is 7.56. The van der Waals surface area contributed by atoms with Crippen molar-refractivity contribution in [2.75, 3.05) is 20.7 Å². The van der Waals surface area contributed by atoms with Gasteiger partial charge in [0.25, 0.3) is 0 Å². The second-order valence-corrected chi connectivity index (χ2v) is 5.52. The number of rotatable bonds is 10. The number of hydrogen-bond donors (Lipinski definition) is 0. The average molecular weight is 282 g/mol. The topological polar surface area (TPSA) is 24.8 Å². The molecule has 3 nitrogen and oxygen atoms in total. The van der Waals surface area contributed by atoms with Crippen LogP contribution >= 0.6 is 0 Å². The Morgan fingerprint density at radius 3 is 2.25 bits per heavy atom. The fraction of sp³-hybridized carbons (Fsp3) is 0.824. The van der Waals surface area contributed by atoms with Crippen LogP contribution in [0.5, 0.6) is 0 Å². The summed E-state index contributed by atoms with van der Waals surface area (Å²) >= 11 is 0. The first kappa shape index (κ1) is 19.0. The Kier molecular flexibility index (Phi) is 11.2. The van der Waals surface area contributed by atoms with Crippen molar-refractivity contribution in [1.82, 2.24) is 4.90 Å². The van der Waals surface area contributed by atoms with Crippen LogP contribution in [0.3, 0.4) is 0 Å². The minimum atomic E-state index is 0.440. The third-order valence-electron chi connectivity index (χ3n) is 3.59. The Balaban J connectivity index is 4.10. The summed E-state index contributed by atoms with van der Waals surface area (Å²) < 4.78 is 5.86. The monoisotopic (exact) mass is 282 g/mol. The van der Waals surface area contributed by atoms with Gasteiger partial charge in [0.05, 0.1) is 12.3 Å². The van der Waals surface area contributed by atoms with E-state index in [-0.39, 0.29) is 0 Å². The van der Waals surface area contributed by atoms with Crippen molar-refractivity contribution in [3.05, 3.63) is 11.8 Å². The molecule has 0 aliphatic carbocycles. The van der Waals surface area contributed by atoms with Crippen molar-refractivity contribution in [3.63, 3.8) is 0 Å². The predicted octanol–water partition coefficient (Wildman–Crippen LogP) is 4.64. The van der Waals surface area contributed by atoms with Gasteiger partial charge in [-0.25, -0.2) is 0 Å². The number of likely N-dealkylation sites (N-methyl/N-ethyl adjacent to an activating group) is 1. The maximum absolute atomic E-state index is 5.86. The molecule has 0 aliphatic rings. The van der Waals surface area contributed by atoms with Crippen LogP contribution in [0.15, 0.2) is 16.8 Å². The van der Waals surface area contributed by atoms with E-state index in [0.717, 1.165) is 24.6 Å². The van der Waals surface area contributed by atoms with E-state index >= 15 is 0 Å². The quantitative estimate of drug-likeness (QED) is 0.331. The van der Waals surface area contributed by atoms with E-state index in [1.807, 2.05) is 6.92 Å². The maximum Gasteiger partial charge on any atom is 0.232 e. The van der Waals surface area contributed by atoms with Gasteiger partial charge in [-0.15, -0.1) is 0 Å². The molecule has 0 radical (unpaired) electrons. The van der Waals surface area contributed by atoms with Crippen LogP contribution in [0.2, 0.25) is 0 Å². The minimum absolute atomic E-state index is 0.440. The van der Waals surface area contributed by atoms with Gasteiger partial charge < -0.3 is 9.64 Å². The van der Waals surface area contributed by atoms with E-state index in [9.17, 15) is 0 Å². The molecule has 0 bridgehead atoms. The van der Waals surface area contributed by atoms with Gasteiger partial charge in [-0.2, -0.15) is 0 Å². The lowest BCUT2D eigenvalue weighted by Gasteiger charge is -2.27. The Hall–Kier alpha value is -0.990. The molecule has 118 valence electrons. The molecule has 0 fully saturated rings. The van der Waals surface area contributed by atoms with Crippen LogP contribution in [0.4, 0.5) is 0 Å². The molecule has 20 heavy (non-hydrogen) atoms. The first-order chi connectivity index (χ1) is 9.58. The van der Waals surface area contributed by atoms with Gasteiger partial charge in [0, 0.05) is 20.1 Å². The summed E-state index contributed by atoms with van der Waals surface area (Å²) in [6, 6.07) is 0.440. The molecule has 0 aromatic carbocycles. The normalized spacial score (nSPS) is 12.9. The highest BCUT2D eigenvalue weighted by atomic mass is 16.5. The van der Waals surface area contributed by atoms with Crippen LogP contribution < -0.4 is 0 Å². The summed E-state index contributed by atoms with van der Waals surface area (Å²) in [6.45, 7) is 9.39.